The molecule has 72 valence electrons. The monoisotopic (exact) mass is 178 g/mol. The molecule has 0 rings (SSSR count). The first kappa shape index (κ1) is 12.2. The zero-order chi connectivity index (χ0) is 10.1. The van der Waals surface area contributed by atoms with E-state index in [1.165, 1.54) is 12.6 Å². The van der Waals surface area contributed by atoms with Crippen LogP contribution in [0, 0.1) is 5.41 Å². The number of hydrogen-bond acceptors (Lipinski definition) is 2. The van der Waals surface area contributed by atoms with E-state index in [-0.39, 0.29) is 0 Å². The van der Waals surface area contributed by atoms with Crippen LogP contribution in [0.5, 0.6) is 0 Å². The van der Waals surface area contributed by atoms with Gasteiger partial charge in [-0.1, -0.05) is 25.2 Å². The molecule has 0 aromatic rings. The van der Waals surface area contributed by atoms with Crippen LogP contribution in [-0.4, -0.2) is 32.1 Å². The Morgan fingerprint density at radius 2 is 2.08 bits per heavy atom. The van der Waals surface area contributed by atoms with E-state index in [2.05, 4.69) is 32.8 Å². The lowest BCUT2D eigenvalue weighted by molar-refractivity contribution is 0.400. The number of nitrogens with one attached hydrogen (secondary N) is 1. The lowest BCUT2D eigenvalue weighted by atomic mass is 10.1. The molecule has 0 saturated carbocycles. The van der Waals surface area contributed by atoms with Crippen LogP contribution in [0.2, 0.25) is 0 Å². The highest BCUT2D eigenvalue weighted by molar-refractivity contribution is 6.04. The van der Waals surface area contributed by atoms with E-state index in [1.807, 2.05) is 12.2 Å². The highest BCUT2D eigenvalue weighted by Gasteiger charge is 2.00. The van der Waals surface area contributed by atoms with Gasteiger partial charge in [0.1, 0.15) is 0 Å². The van der Waals surface area contributed by atoms with Gasteiger partial charge in [0, 0.05) is 6.21 Å². The van der Waals surface area contributed by atoms with E-state index >= 15 is 0 Å². The maximum Gasteiger partial charge on any atom is 0.185 e. The molecule has 0 radical (unpaired) electrons. The summed E-state index contributed by atoms with van der Waals surface area (Å²) in [5.41, 5.74) is 0. The average molecular weight is 178 g/mol. The Bertz CT molecular complexity index is 185. The zero-order valence-electron chi connectivity index (χ0n) is 8.83. The summed E-state index contributed by atoms with van der Waals surface area (Å²) in [6.45, 7) is 2.22. The van der Waals surface area contributed by atoms with E-state index in [9.17, 15) is 0 Å². The molecule has 0 aliphatic carbocycles. The van der Waals surface area contributed by atoms with Crippen LogP contribution in [0.15, 0.2) is 24.3 Å². The summed E-state index contributed by atoms with van der Waals surface area (Å²) in [4.78, 5) is 2.22. The number of nitrogens with zero attached hydrogens (tertiary/aromatic N) is 1. The molecular formula is C10H19BN2. The maximum absolute atomic E-state index is 6.76. The molecule has 1 unspecified atom stereocenters. The Kier molecular flexibility index (Phi) is 7.31. The quantitative estimate of drug-likeness (QED) is 0.371. The summed E-state index contributed by atoms with van der Waals surface area (Å²) in [7, 11) is 4.20. The highest BCUT2D eigenvalue weighted by atomic mass is 15.0. The minimum absolute atomic E-state index is 0.636. The van der Waals surface area contributed by atoms with Gasteiger partial charge in [0.2, 0.25) is 0 Å². The molecule has 0 spiro atoms. The number of hydrogen-bond donors (Lipinski definition) is 1. The fourth-order valence-electron chi connectivity index (χ4n) is 0.890. The minimum Gasteiger partial charge on any atom is -0.349 e. The van der Waals surface area contributed by atoms with Crippen molar-refractivity contribution < 1.29 is 0 Å². The van der Waals surface area contributed by atoms with Gasteiger partial charge in [0.05, 0.1) is 0 Å². The Morgan fingerprint density at radius 1 is 1.38 bits per heavy atom. The van der Waals surface area contributed by atoms with Gasteiger partial charge in [-0.2, -0.15) is 0 Å². The predicted molar refractivity (Wildman–Crippen MR) is 62.1 cm³/mol. The first-order valence-electron chi connectivity index (χ1n) is 4.67. The summed E-state index contributed by atoms with van der Waals surface area (Å²) in [5, 5.41) is 6.76. The third kappa shape index (κ3) is 7.53. The van der Waals surface area contributed by atoms with Crippen molar-refractivity contribution in [3.8, 4) is 0 Å². The van der Waals surface area contributed by atoms with Crippen molar-refractivity contribution in [2.45, 2.75) is 25.8 Å². The smallest absolute Gasteiger partial charge is 0.185 e. The standard InChI is InChI=1S/C10H19BN2/c1-10(13(2)11)8-6-4-3-5-7-9-12/h3-5,7,9-10,12H,6,8,11H2,1-2H3/b4-3-,7-5-,12-9?. The second kappa shape index (κ2) is 7.81. The van der Waals surface area contributed by atoms with Crippen molar-refractivity contribution >= 4 is 14.2 Å². The first-order valence-corrected chi connectivity index (χ1v) is 4.67. The molecule has 0 saturated heterocycles. The summed E-state index contributed by atoms with van der Waals surface area (Å²) in [5.74, 6) is 0. The second-order valence-corrected chi connectivity index (χ2v) is 3.37. The SMILES string of the molecule is BN(C)C(C)CC/C=C\C=C/C=N. The highest BCUT2D eigenvalue weighted by Crippen LogP contribution is 2.02. The fraction of sp³-hybridized carbons (Fsp3) is 0.500. The molecule has 1 atom stereocenters. The summed E-state index contributed by atoms with van der Waals surface area (Å²) in [6.07, 6.45) is 11.3. The van der Waals surface area contributed by atoms with Crippen molar-refractivity contribution in [2.24, 2.45) is 0 Å². The summed E-state index contributed by atoms with van der Waals surface area (Å²) < 4.78 is 0. The van der Waals surface area contributed by atoms with Crippen LogP contribution < -0.4 is 0 Å². The topological polar surface area (TPSA) is 27.1 Å². The Morgan fingerprint density at radius 3 is 2.62 bits per heavy atom. The Hall–Kier alpha value is -0.825. The predicted octanol–water partition coefficient (Wildman–Crippen LogP) is 1.40. The molecule has 0 aromatic carbocycles. The van der Waals surface area contributed by atoms with Crippen LogP contribution in [0.1, 0.15) is 19.8 Å². The molecule has 0 aliphatic rings. The Balaban J connectivity index is 3.49. The molecule has 13 heavy (non-hydrogen) atoms. The molecule has 0 bridgehead atoms. The molecule has 0 aromatic heterocycles. The molecule has 0 amide bonds. The third-order valence-electron chi connectivity index (χ3n) is 2.09. The Labute approximate surface area is 82.3 Å². The lowest BCUT2D eigenvalue weighted by Crippen LogP contribution is -2.25. The van der Waals surface area contributed by atoms with E-state index in [0.29, 0.717) is 6.04 Å². The van der Waals surface area contributed by atoms with Crippen molar-refractivity contribution in [1.29, 1.82) is 5.41 Å². The molecule has 2 nitrogen and oxygen atoms in total. The average Bonchev–Trinajstić information content (AvgIpc) is 2.10. The first-order chi connectivity index (χ1) is 6.18. The molecule has 0 aliphatic heterocycles. The van der Waals surface area contributed by atoms with Crippen molar-refractivity contribution in [1.82, 2.24) is 4.81 Å². The van der Waals surface area contributed by atoms with E-state index < -0.39 is 0 Å². The van der Waals surface area contributed by atoms with Crippen LogP contribution >= 0.6 is 0 Å². The molecule has 0 fully saturated rings. The van der Waals surface area contributed by atoms with Crippen LogP contribution in [0.4, 0.5) is 0 Å². The fourth-order valence-corrected chi connectivity index (χ4v) is 0.890. The second-order valence-electron chi connectivity index (χ2n) is 3.37. The maximum atomic E-state index is 6.76. The summed E-state index contributed by atoms with van der Waals surface area (Å²) >= 11 is 0. The number of allylic oxidation sites excluding steroid dienone is 4. The van der Waals surface area contributed by atoms with Gasteiger partial charge < -0.3 is 10.2 Å². The zero-order valence-corrected chi connectivity index (χ0v) is 8.83. The van der Waals surface area contributed by atoms with Gasteiger partial charge >= 0.3 is 0 Å². The van der Waals surface area contributed by atoms with Gasteiger partial charge in [0.25, 0.3) is 0 Å². The lowest BCUT2D eigenvalue weighted by Gasteiger charge is -2.18. The van der Waals surface area contributed by atoms with E-state index in [0.717, 1.165) is 6.42 Å². The minimum atomic E-state index is 0.636. The van der Waals surface area contributed by atoms with Gasteiger partial charge in [-0.3, -0.25) is 0 Å². The molecule has 3 heteroatoms. The van der Waals surface area contributed by atoms with Gasteiger partial charge in [-0.15, -0.1) is 0 Å². The molecule has 1 N–H and O–H groups in total. The molecule has 0 heterocycles. The van der Waals surface area contributed by atoms with Crippen molar-refractivity contribution in [2.75, 3.05) is 7.05 Å². The van der Waals surface area contributed by atoms with Gasteiger partial charge in [-0.05, 0) is 32.0 Å². The van der Waals surface area contributed by atoms with Gasteiger partial charge in [-0.25, -0.2) is 0 Å². The van der Waals surface area contributed by atoms with Gasteiger partial charge in [0.15, 0.2) is 7.98 Å². The van der Waals surface area contributed by atoms with Crippen molar-refractivity contribution in [3.05, 3.63) is 24.3 Å². The van der Waals surface area contributed by atoms with Crippen LogP contribution in [-0.2, 0) is 0 Å². The van der Waals surface area contributed by atoms with Crippen molar-refractivity contribution in [3.63, 3.8) is 0 Å². The normalized spacial score (nSPS) is 14.4. The summed E-state index contributed by atoms with van der Waals surface area (Å²) in [6, 6.07) is 0.636. The van der Waals surface area contributed by atoms with Crippen LogP contribution in [0.3, 0.4) is 0 Å². The van der Waals surface area contributed by atoms with Crippen LogP contribution in [0.25, 0.3) is 0 Å². The van der Waals surface area contributed by atoms with E-state index in [4.69, 9.17) is 5.41 Å². The van der Waals surface area contributed by atoms with E-state index in [1.54, 1.807) is 6.08 Å². The molecular weight excluding hydrogens is 159 g/mol. The largest absolute Gasteiger partial charge is 0.349 e. The third-order valence-corrected chi connectivity index (χ3v) is 2.09. The number of rotatable bonds is 6.